The van der Waals surface area contributed by atoms with Crippen molar-refractivity contribution in [3.8, 4) is 0 Å². The maximum atomic E-state index is 10.2. The molecule has 0 aliphatic rings. The summed E-state index contributed by atoms with van der Waals surface area (Å²) < 4.78 is 0. The van der Waals surface area contributed by atoms with Crippen LogP contribution in [0.4, 0.5) is 5.69 Å². The van der Waals surface area contributed by atoms with Gasteiger partial charge in [0.15, 0.2) is 0 Å². The van der Waals surface area contributed by atoms with Crippen molar-refractivity contribution in [2.75, 3.05) is 6.61 Å². The molecular formula is C11H16N2O5. The second-order valence-corrected chi connectivity index (χ2v) is 3.55. The van der Waals surface area contributed by atoms with Gasteiger partial charge in [0.05, 0.1) is 17.5 Å². The number of non-ortho nitro benzene ring substituents is 1. The fourth-order valence-corrected chi connectivity index (χ4v) is 0.848. The van der Waals surface area contributed by atoms with E-state index in [1.54, 1.807) is 0 Å². The van der Waals surface area contributed by atoms with Gasteiger partial charge in [-0.2, -0.15) is 0 Å². The number of aliphatic hydroxyl groups excluding tert-OH is 1. The molecule has 0 radical (unpaired) electrons. The van der Waals surface area contributed by atoms with Gasteiger partial charge in [-0.05, 0) is 24.1 Å². The van der Waals surface area contributed by atoms with Gasteiger partial charge in [-0.15, -0.1) is 0 Å². The molecule has 18 heavy (non-hydrogen) atoms. The SMILES string of the molecule is CCC([NH3+])CO.O=C([O-])c1ccc([N+](=O)[O-])cc1. The molecule has 1 rings (SSSR count). The average Bonchev–Trinajstić information content (AvgIpc) is 2.38. The Kier molecular flexibility index (Phi) is 7.25. The van der Waals surface area contributed by atoms with Crippen LogP contribution in [0.2, 0.25) is 0 Å². The highest BCUT2D eigenvalue weighted by molar-refractivity contribution is 5.85. The largest absolute Gasteiger partial charge is 0.545 e. The highest BCUT2D eigenvalue weighted by atomic mass is 16.6. The lowest BCUT2D eigenvalue weighted by Crippen LogP contribution is -2.62. The number of carboxylic acids is 1. The van der Waals surface area contributed by atoms with E-state index < -0.39 is 10.9 Å². The maximum absolute atomic E-state index is 10.2. The highest BCUT2D eigenvalue weighted by Crippen LogP contribution is 2.10. The Labute approximate surface area is 104 Å². The number of carbonyl (C=O) groups excluding carboxylic acids is 1. The minimum absolute atomic E-state index is 0.0689. The summed E-state index contributed by atoms with van der Waals surface area (Å²) >= 11 is 0. The van der Waals surface area contributed by atoms with Crippen molar-refractivity contribution in [2.45, 2.75) is 19.4 Å². The molecule has 7 heteroatoms. The third-order valence-electron chi connectivity index (χ3n) is 2.15. The number of quaternary nitrogens is 1. The van der Waals surface area contributed by atoms with Crippen LogP contribution in [0, 0.1) is 10.1 Å². The number of aliphatic hydroxyl groups is 1. The third-order valence-corrected chi connectivity index (χ3v) is 2.15. The second-order valence-electron chi connectivity index (χ2n) is 3.55. The monoisotopic (exact) mass is 256 g/mol. The van der Waals surface area contributed by atoms with E-state index in [1.165, 1.54) is 0 Å². The highest BCUT2D eigenvalue weighted by Gasteiger charge is 2.03. The molecule has 1 aromatic carbocycles. The van der Waals surface area contributed by atoms with Crippen LogP contribution in [0.25, 0.3) is 0 Å². The van der Waals surface area contributed by atoms with E-state index in [0.717, 1.165) is 30.7 Å². The van der Waals surface area contributed by atoms with E-state index in [2.05, 4.69) is 5.73 Å². The third kappa shape index (κ3) is 5.92. The molecule has 0 amide bonds. The number of nitro groups is 1. The molecule has 0 saturated heterocycles. The number of carbonyl (C=O) groups is 1. The predicted molar refractivity (Wildman–Crippen MR) is 61.5 cm³/mol. The topological polar surface area (TPSA) is 131 Å². The summed E-state index contributed by atoms with van der Waals surface area (Å²) in [5, 5.41) is 28.6. The van der Waals surface area contributed by atoms with Crippen molar-refractivity contribution in [3.63, 3.8) is 0 Å². The summed E-state index contributed by atoms with van der Waals surface area (Å²) in [6.45, 7) is 2.23. The first-order valence-electron chi connectivity index (χ1n) is 5.32. The average molecular weight is 256 g/mol. The van der Waals surface area contributed by atoms with E-state index in [4.69, 9.17) is 5.11 Å². The zero-order valence-electron chi connectivity index (χ0n) is 10.0. The molecule has 0 spiro atoms. The van der Waals surface area contributed by atoms with Crippen molar-refractivity contribution >= 4 is 11.7 Å². The smallest absolute Gasteiger partial charge is 0.269 e. The standard InChI is InChI=1S/C7H5NO4.C4H11NO/c9-7(10)5-1-3-6(4-2-5)8(11)12;1-2-4(5)3-6/h1-4H,(H,9,10);4,6H,2-3,5H2,1H3. The van der Waals surface area contributed by atoms with E-state index >= 15 is 0 Å². The summed E-state index contributed by atoms with van der Waals surface area (Å²) in [6.07, 6.45) is 0.969. The zero-order chi connectivity index (χ0) is 14.1. The molecule has 0 aromatic heterocycles. The van der Waals surface area contributed by atoms with Gasteiger partial charge in [0, 0.05) is 12.1 Å². The van der Waals surface area contributed by atoms with Crippen LogP contribution >= 0.6 is 0 Å². The van der Waals surface area contributed by atoms with Crippen LogP contribution < -0.4 is 10.8 Å². The van der Waals surface area contributed by atoms with Gasteiger partial charge in [-0.3, -0.25) is 10.1 Å². The Morgan fingerprint density at radius 3 is 2.17 bits per heavy atom. The van der Waals surface area contributed by atoms with E-state index in [0.29, 0.717) is 0 Å². The van der Waals surface area contributed by atoms with Gasteiger partial charge in [0.1, 0.15) is 6.04 Å². The molecule has 0 fully saturated rings. The van der Waals surface area contributed by atoms with Crippen LogP contribution in [-0.4, -0.2) is 28.6 Å². The lowest BCUT2D eigenvalue weighted by atomic mass is 10.2. The fourth-order valence-electron chi connectivity index (χ4n) is 0.848. The predicted octanol–water partition coefficient (Wildman–Crippen LogP) is -1.04. The lowest BCUT2D eigenvalue weighted by molar-refractivity contribution is -0.425. The molecule has 4 N–H and O–H groups in total. The van der Waals surface area contributed by atoms with Gasteiger partial charge >= 0.3 is 0 Å². The Bertz CT molecular complexity index is 354. The maximum Gasteiger partial charge on any atom is 0.269 e. The second kappa shape index (κ2) is 8.15. The van der Waals surface area contributed by atoms with Crippen LogP contribution in [0.3, 0.4) is 0 Å². The molecule has 7 nitrogen and oxygen atoms in total. The van der Waals surface area contributed by atoms with Crippen LogP contribution in [0.1, 0.15) is 23.7 Å². The molecule has 0 aliphatic heterocycles. The van der Waals surface area contributed by atoms with Gasteiger partial charge in [-0.1, -0.05) is 6.92 Å². The summed E-state index contributed by atoms with van der Waals surface area (Å²) in [5.74, 6) is -1.34. The molecule has 1 unspecified atom stereocenters. The number of hydrogen-bond acceptors (Lipinski definition) is 5. The van der Waals surface area contributed by atoms with Gasteiger partial charge < -0.3 is 20.7 Å². The van der Waals surface area contributed by atoms with E-state index in [1.807, 2.05) is 6.92 Å². The molecule has 100 valence electrons. The van der Waals surface area contributed by atoms with Crippen LogP contribution in [0.5, 0.6) is 0 Å². The van der Waals surface area contributed by atoms with E-state index in [-0.39, 0.29) is 23.9 Å². The normalized spacial score (nSPS) is 11.1. The van der Waals surface area contributed by atoms with Crippen molar-refractivity contribution in [3.05, 3.63) is 39.9 Å². The fraction of sp³-hybridized carbons (Fsp3) is 0.364. The van der Waals surface area contributed by atoms with E-state index in [9.17, 15) is 20.0 Å². The zero-order valence-corrected chi connectivity index (χ0v) is 10.0. The number of nitrogens with zero attached hydrogens (tertiary/aromatic N) is 1. The Balaban J connectivity index is 0.000000411. The molecule has 0 bridgehead atoms. The van der Waals surface area contributed by atoms with Gasteiger partial charge in [-0.25, -0.2) is 0 Å². The first-order valence-corrected chi connectivity index (χ1v) is 5.32. The Morgan fingerprint density at radius 1 is 1.44 bits per heavy atom. The van der Waals surface area contributed by atoms with Gasteiger partial charge in [0.25, 0.3) is 5.69 Å². The number of benzene rings is 1. The molecule has 1 aromatic rings. The molecule has 0 heterocycles. The molecule has 0 aliphatic carbocycles. The number of hydrogen-bond donors (Lipinski definition) is 2. The van der Waals surface area contributed by atoms with Crippen molar-refractivity contribution in [1.29, 1.82) is 0 Å². The minimum atomic E-state index is -1.34. The molecule has 1 atom stereocenters. The van der Waals surface area contributed by atoms with Crippen molar-refractivity contribution < 1.29 is 25.7 Å². The molecule has 0 saturated carbocycles. The lowest BCUT2D eigenvalue weighted by Gasteiger charge is -1.99. The number of nitro benzene ring substituents is 1. The number of carboxylic acid groups (broad SMARTS) is 1. The summed E-state index contributed by atoms with van der Waals surface area (Å²) in [4.78, 5) is 19.7. The summed E-state index contributed by atoms with van der Waals surface area (Å²) in [5.41, 5.74) is 3.42. The van der Waals surface area contributed by atoms with Crippen LogP contribution in [-0.2, 0) is 0 Å². The van der Waals surface area contributed by atoms with Gasteiger partial charge in [0.2, 0.25) is 0 Å². The number of aromatic carboxylic acids is 1. The van der Waals surface area contributed by atoms with Crippen LogP contribution in [0.15, 0.2) is 24.3 Å². The molecular weight excluding hydrogens is 240 g/mol. The van der Waals surface area contributed by atoms with Crippen molar-refractivity contribution in [2.24, 2.45) is 0 Å². The first kappa shape index (κ1) is 16.0. The Morgan fingerprint density at radius 2 is 1.94 bits per heavy atom. The quantitative estimate of drug-likeness (QED) is 0.524. The summed E-state index contributed by atoms with van der Waals surface area (Å²) in [6, 6.07) is 4.74. The minimum Gasteiger partial charge on any atom is -0.545 e. The van der Waals surface area contributed by atoms with Crippen molar-refractivity contribution in [1.82, 2.24) is 0 Å². The first-order chi connectivity index (χ1) is 8.42. The number of rotatable bonds is 4. The summed E-state index contributed by atoms with van der Waals surface area (Å²) in [7, 11) is 0. The Hall–Kier alpha value is -1.99.